The Morgan fingerprint density at radius 3 is 2.88 bits per heavy atom. The normalized spacial score (nSPS) is 10.8. The Kier molecular flexibility index (Phi) is 7.12. The summed E-state index contributed by atoms with van der Waals surface area (Å²) in [4.78, 5) is 0. The third-order valence-corrected chi connectivity index (χ3v) is 2.63. The first-order valence-corrected chi connectivity index (χ1v) is 5.83. The second kappa shape index (κ2) is 8.42. The highest BCUT2D eigenvalue weighted by atomic mass is 35.5. The highest BCUT2D eigenvalue weighted by Crippen LogP contribution is 2.18. The molecule has 0 saturated heterocycles. The third-order valence-electron chi connectivity index (χ3n) is 2.20. The minimum absolute atomic E-state index is 0.181. The quantitative estimate of drug-likeness (QED) is 0.728. The molecule has 0 aromatic heterocycles. The summed E-state index contributed by atoms with van der Waals surface area (Å²) in [7, 11) is 1.63. The lowest BCUT2D eigenvalue weighted by molar-refractivity contribution is 0.0719. The van der Waals surface area contributed by atoms with E-state index in [1.54, 1.807) is 19.2 Å². The third kappa shape index (κ3) is 5.46. The van der Waals surface area contributed by atoms with Gasteiger partial charge in [-0.1, -0.05) is 23.7 Å². The molecule has 0 aliphatic heterocycles. The molecule has 0 spiro atoms. The van der Waals surface area contributed by atoms with Crippen molar-refractivity contribution in [2.75, 3.05) is 33.5 Å². The van der Waals surface area contributed by atoms with Gasteiger partial charge in [0.2, 0.25) is 0 Å². The summed E-state index contributed by atoms with van der Waals surface area (Å²) in [6.45, 7) is 2.99. The van der Waals surface area contributed by atoms with Crippen LogP contribution in [0.1, 0.15) is 5.56 Å². The van der Waals surface area contributed by atoms with Crippen molar-refractivity contribution in [3.05, 3.63) is 34.6 Å². The Bertz CT molecular complexity index is 336. The van der Waals surface area contributed by atoms with Gasteiger partial charge in [-0.3, -0.25) is 0 Å². The lowest BCUT2D eigenvalue weighted by Gasteiger charge is -2.07. The highest BCUT2D eigenvalue weighted by Gasteiger charge is 2.04. The zero-order valence-electron chi connectivity index (χ0n) is 9.84. The van der Waals surface area contributed by atoms with Crippen LogP contribution >= 0.6 is 11.6 Å². The van der Waals surface area contributed by atoms with Gasteiger partial charge in [-0.05, 0) is 11.6 Å². The maximum Gasteiger partial charge on any atom is 0.142 e. The van der Waals surface area contributed by atoms with Crippen LogP contribution in [0.4, 0.5) is 4.39 Å². The van der Waals surface area contributed by atoms with Crippen molar-refractivity contribution < 1.29 is 13.9 Å². The van der Waals surface area contributed by atoms with Crippen LogP contribution in [0.2, 0.25) is 5.02 Å². The van der Waals surface area contributed by atoms with E-state index in [0.717, 1.165) is 5.56 Å². The lowest BCUT2D eigenvalue weighted by atomic mass is 10.2. The minimum atomic E-state index is -0.387. The van der Waals surface area contributed by atoms with Crippen LogP contribution in [0.3, 0.4) is 0 Å². The molecule has 0 heterocycles. The number of methoxy groups -OCH3 is 1. The Labute approximate surface area is 106 Å². The summed E-state index contributed by atoms with van der Waals surface area (Å²) in [5.41, 5.74) is 0.753. The largest absolute Gasteiger partial charge is 0.382 e. The van der Waals surface area contributed by atoms with Crippen molar-refractivity contribution >= 4 is 11.6 Å². The van der Waals surface area contributed by atoms with E-state index >= 15 is 0 Å². The summed E-state index contributed by atoms with van der Waals surface area (Å²) in [6.07, 6.45) is 0. The van der Waals surface area contributed by atoms with Gasteiger partial charge in [0.25, 0.3) is 0 Å². The molecule has 1 aromatic rings. The first kappa shape index (κ1) is 14.4. The number of hydrogen-bond acceptors (Lipinski definition) is 3. The van der Waals surface area contributed by atoms with Crippen LogP contribution in [-0.4, -0.2) is 33.5 Å². The van der Waals surface area contributed by atoms with Crippen molar-refractivity contribution in [3.8, 4) is 0 Å². The standard InChI is InChI=1S/C12H17ClFNO2/c1-16-7-8-17-6-5-15-9-10-3-2-4-11(14)12(10)13/h2-4,15H,5-9H2,1H3. The molecule has 0 radical (unpaired) electrons. The molecule has 5 heteroatoms. The van der Waals surface area contributed by atoms with E-state index in [1.165, 1.54) is 6.07 Å². The van der Waals surface area contributed by atoms with Gasteiger partial charge < -0.3 is 14.8 Å². The lowest BCUT2D eigenvalue weighted by Crippen LogP contribution is -2.20. The maximum atomic E-state index is 13.1. The number of rotatable bonds is 8. The average molecular weight is 262 g/mol. The first-order valence-electron chi connectivity index (χ1n) is 5.46. The fourth-order valence-electron chi connectivity index (χ4n) is 1.30. The van der Waals surface area contributed by atoms with E-state index in [9.17, 15) is 4.39 Å². The van der Waals surface area contributed by atoms with Crippen LogP contribution < -0.4 is 5.32 Å². The van der Waals surface area contributed by atoms with Crippen LogP contribution in [0, 0.1) is 5.82 Å². The predicted molar refractivity (Wildman–Crippen MR) is 65.8 cm³/mol. The molecule has 0 aliphatic carbocycles. The van der Waals surface area contributed by atoms with Crippen LogP contribution in [0.5, 0.6) is 0 Å². The van der Waals surface area contributed by atoms with Crippen molar-refractivity contribution in [2.24, 2.45) is 0 Å². The van der Waals surface area contributed by atoms with Gasteiger partial charge in [-0.15, -0.1) is 0 Å². The monoisotopic (exact) mass is 261 g/mol. The number of halogens is 2. The smallest absolute Gasteiger partial charge is 0.142 e. The average Bonchev–Trinajstić information content (AvgIpc) is 2.33. The van der Waals surface area contributed by atoms with Gasteiger partial charge in [0, 0.05) is 20.2 Å². The molecule has 0 atom stereocenters. The number of hydrogen-bond donors (Lipinski definition) is 1. The summed E-state index contributed by atoms with van der Waals surface area (Å²) in [5, 5.41) is 3.31. The molecule has 0 fully saturated rings. The fraction of sp³-hybridized carbons (Fsp3) is 0.500. The molecule has 1 N–H and O–H groups in total. The van der Waals surface area contributed by atoms with Crippen molar-refractivity contribution in [1.29, 1.82) is 0 Å². The number of benzene rings is 1. The second-order valence-corrected chi connectivity index (χ2v) is 3.87. The highest BCUT2D eigenvalue weighted by molar-refractivity contribution is 6.31. The van der Waals surface area contributed by atoms with Gasteiger partial charge in [-0.2, -0.15) is 0 Å². The number of ether oxygens (including phenoxy) is 2. The molecule has 1 rings (SSSR count). The van der Waals surface area contributed by atoms with Gasteiger partial charge in [0.05, 0.1) is 24.8 Å². The molecule has 0 unspecified atom stereocenters. The van der Waals surface area contributed by atoms with E-state index in [1.807, 2.05) is 0 Å². The Balaban J connectivity index is 2.16. The van der Waals surface area contributed by atoms with Crippen LogP contribution in [-0.2, 0) is 16.0 Å². The zero-order valence-corrected chi connectivity index (χ0v) is 10.6. The summed E-state index contributed by atoms with van der Waals surface area (Å²) < 4.78 is 23.2. The first-order chi connectivity index (χ1) is 8.25. The minimum Gasteiger partial charge on any atom is -0.382 e. The molecule has 17 heavy (non-hydrogen) atoms. The van der Waals surface area contributed by atoms with Crippen molar-refractivity contribution in [2.45, 2.75) is 6.54 Å². The molecule has 3 nitrogen and oxygen atoms in total. The molecule has 1 aromatic carbocycles. The van der Waals surface area contributed by atoms with E-state index in [0.29, 0.717) is 32.9 Å². The Hall–Kier alpha value is -0.680. The Morgan fingerprint density at radius 1 is 1.29 bits per heavy atom. The zero-order chi connectivity index (χ0) is 12.5. The van der Waals surface area contributed by atoms with Gasteiger partial charge in [0.15, 0.2) is 0 Å². The van der Waals surface area contributed by atoms with Crippen LogP contribution in [0.15, 0.2) is 18.2 Å². The summed E-state index contributed by atoms with van der Waals surface area (Å²) in [5.74, 6) is -0.387. The molecule has 96 valence electrons. The SMILES string of the molecule is COCCOCCNCc1cccc(F)c1Cl. The Morgan fingerprint density at radius 2 is 2.12 bits per heavy atom. The number of nitrogens with one attached hydrogen (secondary N) is 1. The van der Waals surface area contributed by atoms with Gasteiger partial charge in [-0.25, -0.2) is 4.39 Å². The molecular formula is C12H17ClFNO2. The van der Waals surface area contributed by atoms with Gasteiger partial charge >= 0.3 is 0 Å². The second-order valence-electron chi connectivity index (χ2n) is 3.49. The van der Waals surface area contributed by atoms with Gasteiger partial charge in [0.1, 0.15) is 5.82 Å². The molecule has 0 amide bonds. The summed E-state index contributed by atoms with van der Waals surface area (Å²) >= 11 is 5.81. The fourth-order valence-corrected chi connectivity index (χ4v) is 1.49. The molecule has 0 saturated carbocycles. The van der Waals surface area contributed by atoms with E-state index in [2.05, 4.69) is 5.32 Å². The molecular weight excluding hydrogens is 245 g/mol. The topological polar surface area (TPSA) is 30.5 Å². The molecule has 0 aliphatic rings. The van der Waals surface area contributed by atoms with E-state index in [-0.39, 0.29) is 10.8 Å². The summed E-state index contributed by atoms with van der Waals surface area (Å²) in [6, 6.07) is 4.79. The predicted octanol–water partition coefficient (Wildman–Crippen LogP) is 2.23. The molecule has 0 bridgehead atoms. The maximum absolute atomic E-state index is 13.1. The van der Waals surface area contributed by atoms with E-state index in [4.69, 9.17) is 21.1 Å². The van der Waals surface area contributed by atoms with Crippen molar-refractivity contribution in [3.63, 3.8) is 0 Å². The van der Waals surface area contributed by atoms with Crippen LogP contribution in [0.25, 0.3) is 0 Å². The van der Waals surface area contributed by atoms with E-state index < -0.39 is 0 Å². The van der Waals surface area contributed by atoms with Crippen molar-refractivity contribution in [1.82, 2.24) is 5.32 Å².